The molecule has 0 radical (unpaired) electrons. The Labute approximate surface area is 138 Å². The van der Waals surface area contributed by atoms with E-state index in [-0.39, 0.29) is 30.0 Å². The van der Waals surface area contributed by atoms with Gasteiger partial charge in [0.2, 0.25) is 5.91 Å². The molecule has 1 aliphatic rings. The van der Waals surface area contributed by atoms with Crippen LogP contribution < -0.4 is 5.32 Å². The first-order valence-electron chi connectivity index (χ1n) is 7.31. The zero-order valence-electron chi connectivity index (χ0n) is 12.7. The Balaban J connectivity index is 1.51. The van der Waals surface area contributed by atoms with E-state index in [2.05, 4.69) is 14.1 Å². The van der Waals surface area contributed by atoms with Crippen molar-refractivity contribution in [2.75, 3.05) is 25.1 Å². The second-order valence-electron chi connectivity index (χ2n) is 5.84. The van der Waals surface area contributed by atoms with E-state index in [1.807, 2.05) is 23.1 Å². The Morgan fingerprint density at radius 1 is 1.39 bits per heavy atom. The summed E-state index contributed by atoms with van der Waals surface area (Å²) < 4.78 is 31.3. The van der Waals surface area contributed by atoms with E-state index in [0.717, 1.165) is 16.6 Å². The maximum absolute atomic E-state index is 12.0. The topological polar surface area (TPSA) is 92.3 Å². The van der Waals surface area contributed by atoms with Gasteiger partial charge in [0.15, 0.2) is 9.84 Å². The molecule has 0 saturated carbocycles. The monoisotopic (exact) mass is 354 g/mol. The lowest BCUT2D eigenvalue weighted by atomic mass is 10.2. The van der Waals surface area contributed by atoms with E-state index >= 15 is 0 Å². The van der Waals surface area contributed by atoms with Crippen molar-refractivity contribution in [3.05, 3.63) is 23.8 Å². The Morgan fingerprint density at radius 3 is 2.91 bits per heavy atom. The van der Waals surface area contributed by atoms with E-state index in [1.54, 1.807) is 7.05 Å². The molecule has 2 aromatic rings. The molecule has 7 nitrogen and oxygen atoms in total. The minimum absolute atomic E-state index is 0.0665. The lowest BCUT2D eigenvalue weighted by Gasteiger charge is -2.22. The third-order valence-electron chi connectivity index (χ3n) is 4.03. The van der Waals surface area contributed by atoms with Gasteiger partial charge in [-0.05, 0) is 31.2 Å². The van der Waals surface area contributed by atoms with Crippen molar-refractivity contribution in [3.63, 3.8) is 0 Å². The van der Waals surface area contributed by atoms with Crippen molar-refractivity contribution in [2.24, 2.45) is 0 Å². The van der Waals surface area contributed by atoms with Crippen molar-refractivity contribution in [1.29, 1.82) is 0 Å². The van der Waals surface area contributed by atoms with Crippen LogP contribution in [0.3, 0.4) is 0 Å². The fraction of sp³-hybridized carbons (Fsp3) is 0.500. The first-order valence-corrected chi connectivity index (χ1v) is 9.87. The Hall–Kier alpha value is -1.58. The number of amides is 1. The van der Waals surface area contributed by atoms with E-state index in [1.165, 1.54) is 11.7 Å². The highest BCUT2D eigenvalue weighted by Crippen LogP contribution is 2.16. The molecule has 1 saturated heterocycles. The summed E-state index contributed by atoms with van der Waals surface area (Å²) in [6.07, 6.45) is 0.597. The quantitative estimate of drug-likeness (QED) is 0.837. The number of fused-ring (bicyclic) bond motifs is 1. The second-order valence-corrected chi connectivity index (χ2v) is 8.59. The Morgan fingerprint density at radius 2 is 2.17 bits per heavy atom. The number of likely N-dealkylation sites (N-methyl/N-ethyl adjacent to an activating group) is 1. The normalized spacial score (nSPS) is 20.2. The summed E-state index contributed by atoms with van der Waals surface area (Å²) in [5.41, 5.74) is 2.65. The summed E-state index contributed by atoms with van der Waals surface area (Å²) in [5, 5.41) is 2.86. The number of carbonyl (C=O) groups excluding carboxylic acids is 1. The molecular formula is C14H18N4O3S2. The highest BCUT2D eigenvalue weighted by atomic mass is 32.2. The number of nitrogens with zero attached hydrogens (tertiary/aromatic N) is 3. The molecule has 1 fully saturated rings. The third-order valence-corrected chi connectivity index (χ3v) is 6.34. The smallest absolute Gasteiger partial charge is 0.234 e. The van der Waals surface area contributed by atoms with Gasteiger partial charge in [-0.25, -0.2) is 8.42 Å². The predicted molar refractivity (Wildman–Crippen MR) is 89.0 cm³/mol. The number of carbonyl (C=O) groups is 1. The first-order chi connectivity index (χ1) is 10.9. The van der Waals surface area contributed by atoms with Crippen LogP contribution in [0, 0.1) is 0 Å². The molecule has 1 aromatic heterocycles. The van der Waals surface area contributed by atoms with E-state index in [0.29, 0.717) is 13.0 Å². The van der Waals surface area contributed by atoms with Gasteiger partial charge >= 0.3 is 0 Å². The van der Waals surface area contributed by atoms with Crippen LogP contribution in [-0.2, 0) is 21.2 Å². The number of sulfone groups is 1. The van der Waals surface area contributed by atoms with Crippen LogP contribution in [0.4, 0.5) is 0 Å². The van der Waals surface area contributed by atoms with Gasteiger partial charge in [-0.15, -0.1) is 0 Å². The van der Waals surface area contributed by atoms with Crippen LogP contribution in [-0.4, -0.2) is 59.1 Å². The van der Waals surface area contributed by atoms with E-state index in [9.17, 15) is 13.2 Å². The molecule has 1 N–H and O–H groups in total. The standard InChI is InChI=1S/C14H18N4O3S2/c1-18(11-4-5-23(20,21)9-11)8-14(19)15-7-10-2-3-12-13(6-10)17-22-16-12/h2-3,6,11H,4-5,7-9H2,1H3,(H,15,19)/t11-/m1/s1. The van der Waals surface area contributed by atoms with E-state index in [4.69, 9.17) is 0 Å². The highest BCUT2D eigenvalue weighted by Gasteiger charge is 2.31. The summed E-state index contributed by atoms with van der Waals surface area (Å²) in [5.74, 6) is 0.239. The number of benzene rings is 1. The van der Waals surface area contributed by atoms with Gasteiger partial charge in [0.25, 0.3) is 0 Å². The molecule has 2 heterocycles. The van der Waals surface area contributed by atoms with Crippen LogP contribution in [0.15, 0.2) is 18.2 Å². The second kappa shape index (κ2) is 6.50. The van der Waals surface area contributed by atoms with Crippen LogP contribution in [0.5, 0.6) is 0 Å². The molecular weight excluding hydrogens is 336 g/mol. The van der Waals surface area contributed by atoms with Gasteiger partial charge in [-0.1, -0.05) is 6.07 Å². The number of hydrogen-bond acceptors (Lipinski definition) is 7. The molecule has 1 aromatic carbocycles. The van der Waals surface area contributed by atoms with Gasteiger partial charge in [0.1, 0.15) is 11.0 Å². The first kappa shape index (κ1) is 16.3. The van der Waals surface area contributed by atoms with E-state index < -0.39 is 9.84 Å². The van der Waals surface area contributed by atoms with Gasteiger partial charge in [0.05, 0.1) is 29.8 Å². The molecule has 0 aliphatic carbocycles. The summed E-state index contributed by atoms with van der Waals surface area (Å²) in [7, 11) is -1.14. The maximum Gasteiger partial charge on any atom is 0.234 e. The molecule has 0 bridgehead atoms. The minimum Gasteiger partial charge on any atom is -0.351 e. The van der Waals surface area contributed by atoms with Crippen molar-refractivity contribution < 1.29 is 13.2 Å². The molecule has 1 amide bonds. The molecule has 1 atom stereocenters. The average molecular weight is 354 g/mol. The average Bonchev–Trinajstić information content (AvgIpc) is 3.10. The van der Waals surface area contributed by atoms with Crippen molar-refractivity contribution in [1.82, 2.24) is 19.0 Å². The summed E-state index contributed by atoms with van der Waals surface area (Å²) in [6.45, 7) is 0.615. The lowest BCUT2D eigenvalue weighted by Crippen LogP contribution is -2.41. The van der Waals surface area contributed by atoms with Crippen LogP contribution >= 0.6 is 11.7 Å². The number of aromatic nitrogens is 2. The van der Waals surface area contributed by atoms with Crippen molar-refractivity contribution in [2.45, 2.75) is 19.0 Å². The summed E-state index contributed by atoms with van der Waals surface area (Å²) in [6, 6.07) is 5.64. The molecule has 1 aliphatic heterocycles. The van der Waals surface area contributed by atoms with Crippen molar-refractivity contribution >= 4 is 38.5 Å². The maximum atomic E-state index is 12.0. The highest BCUT2D eigenvalue weighted by molar-refractivity contribution is 7.91. The molecule has 9 heteroatoms. The number of hydrogen-bond donors (Lipinski definition) is 1. The SMILES string of the molecule is CN(CC(=O)NCc1ccc2nsnc2c1)[C@@H]1CCS(=O)(=O)C1. The van der Waals surface area contributed by atoms with Crippen molar-refractivity contribution in [3.8, 4) is 0 Å². The predicted octanol–water partition coefficient (Wildman–Crippen LogP) is 0.426. The van der Waals surface area contributed by atoms with Gasteiger partial charge in [-0.3, -0.25) is 9.69 Å². The molecule has 3 rings (SSSR count). The summed E-state index contributed by atoms with van der Waals surface area (Å²) in [4.78, 5) is 13.8. The van der Waals surface area contributed by atoms with Crippen LogP contribution in [0.2, 0.25) is 0 Å². The minimum atomic E-state index is -2.93. The number of rotatable bonds is 5. The van der Waals surface area contributed by atoms with Gasteiger partial charge < -0.3 is 5.32 Å². The summed E-state index contributed by atoms with van der Waals surface area (Å²) >= 11 is 1.17. The third kappa shape index (κ3) is 4.04. The van der Waals surface area contributed by atoms with Gasteiger partial charge in [-0.2, -0.15) is 8.75 Å². The van der Waals surface area contributed by atoms with Crippen LogP contribution in [0.25, 0.3) is 11.0 Å². The molecule has 0 spiro atoms. The number of nitrogens with one attached hydrogen (secondary N) is 1. The zero-order valence-corrected chi connectivity index (χ0v) is 14.4. The molecule has 0 unspecified atom stereocenters. The fourth-order valence-electron chi connectivity index (χ4n) is 2.67. The molecule has 23 heavy (non-hydrogen) atoms. The Bertz CT molecular complexity index is 818. The lowest BCUT2D eigenvalue weighted by molar-refractivity contribution is -0.122. The largest absolute Gasteiger partial charge is 0.351 e. The Kier molecular flexibility index (Phi) is 4.60. The zero-order chi connectivity index (χ0) is 16.4. The van der Waals surface area contributed by atoms with Gasteiger partial charge in [0, 0.05) is 12.6 Å². The van der Waals surface area contributed by atoms with Crippen LogP contribution in [0.1, 0.15) is 12.0 Å². The molecule has 124 valence electrons. The fourth-order valence-corrected chi connectivity index (χ4v) is 5.00.